The Balaban J connectivity index is 2.39. The van der Waals surface area contributed by atoms with Gasteiger partial charge in [0, 0.05) is 19.5 Å². The van der Waals surface area contributed by atoms with Gasteiger partial charge in [-0.2, -0.15) is 0 Å². The maximum Gasteiger partial charge on any atom is 0.261 e. The van der Waals surface area contributed by atoms with Crippen molar-refractivity contribution in [2.75, 3.05) is 6.54 Å². The summed E-state index contributed by atoms with van der Waals surface area (Å²) in [5.41, 5.74) is 0.674. The molecule has 0 spiro atoms. The van der Waals surface area contributed by atoms with Gasteiger partial charge in [0.05, 0.1) is 16.9 Å². The van der Waals surface area contributed by atoms with Crippen molar-refractivity contribution >= 4 is 16.8 Å². The third kappa shape index (κ3) is 5.21. The van der Waals surface area contributed by atoms with E-state index in [-0.39, 0.29) is 17.5 Å². The first-order valence-corrected chi connectivity index (χ1v) is 10.8. The highest BCUT2D eigenvalue weighted by Gasteiger charge is 2.25. The van der Waals surface area contributed by atoms with E-state index in [4.69, 9.17) is 4.98 Å². The molecular weight excluding hydrogens is 350 g/mol. The second kappa shape index (κ2) is 11.0. The summed E-state index contributed by atoms with van der Waals surface area (Å²) in [6, 6.07) is 7.23. The van der Waals surface area contributed by atoms with Crippen LogP contribution in [0.1, 0.15) is 84.5 Å². The van der Waals surface area contributed by atoms with Gasteiger partial charge >= 0.3 is 0 Å². The maximum atomic E-state index is 13.0. The van der Waals surface area contributed by atoms with Crippen LogP contribution in [0.3, 0.4) is 0 Å². The van der Waals surface area contributed by atoms with Crippen LogP contribution in [0.2, 0.25) is 0 Å². The molecule has 5 heteroatoms. The number of carbonyl (C=O) groups excluding carboxylic acids is 1. The van der Waals surface area contributed by atoms with E-state index in [0.717, 1.165) is 38.5 Å². The average Bonchev–Trinajstić information content (AvgIpc) is 2.71. The van der Waals surface area contributed by atoms with Gasteiger partial charge in [0.25, 0.3) is 5.56 Å². The van der Waals surface area contributed by atoms with Crippen molar-refractivity contribution in [3.63, 3.8) is 0 Å². The van der Waals surface area contributed by atoms with Crippen LogP contribution in [-0.4, -0.2) is 26.9 Å². The van der Waals surface area contributed by atoms with Gasteiger partial charge in [0.15, 0.2) is 0 Å². The number of hydrogen-bond donors (Lipinski definition) is 0. The fraction of sp³-hybridized carbons (Fsp3) is 0.609. The highest BCUT2D eigenvalue weighted by Crippen LogP contribution is 2.22. The van der Waals surface area contributed by atoms with Gasteiger partial charge in [-0.05, 0) is 38.8 Å². The van der Waals surface area contributed by atoms with Crippen LogP contribution in [0.5, 0.6) is 0 Å². The van der Waals surface area contributed by atoms with Gasteiger partial charge in [-0.3, -0.25) is 14.2 Å². The molecule has 1 heterocycles. The summed E-state index contributed by atoms with van der Waals surface area (Å²) >= 11 is 0. The predicted molar refractivity (Wildman–Crippen MR) is 115 cm³/mol. The SMILES string of the molecule is CCCCCC(=O)N(CCCCC)C(C)c1nc2ccccc2c(=O)n1CC. The number of amides is 1. The van der Waals surface area contributed by atoms with Gasteiger partial charge in [0.2, 0.25) is 5.91 Å². The number of hydrogen-bond acceptors (Lipinski definition) is 3. The molecule has 0 N–H and O–H groups in total. The molecule has 2 rings (SSSR count). The van der Waals surface area contributed by atoms with Crippen molar-refractivity contribution in [2.45, 2.75) is 85.2 Å². The zero-order chi connectivity index (χ0) is 20.5. The van der Waals surface area contributed by atoms with Crippen LogP contribution in [0.4, 0.5) is 0 Å². The van der Waals surface area contributed by atoms with Gasteiger partial charge in [0.1, 0.15) is 5.82 Å². The molecule has 0 aliphatic carbocycles. The summed E-state index contributed by atoms with van der Waals surface area (Å²) in [5, 5.41) is 0.632. The van der Waals surface area contributed by atoms with Crippen LogP contribution < -0.4 is 5.56 Å². The fourth-order valence-corrected chi connectivity index (χ4v) is 3.69. The highest BCUT2D eigenvalue weighted by molar-refractivity contribution is 5.78. The molecule has 154 valence electrons. The van der Waals surface area contributed by atoms with Crippen LogP contribution in [0.15, 0.2) is 29.1 Å². The number of aromatic nitrogens is 2. The normalized spacial score (nSPS) is 12.3. The summed E-state index contributed by atoms with van der Waals surface area (Å²) in [7, 11) is 0. The maximum absolute atomic E-state index is 13.0. The molecule has 28 heavy (non-hydrogen) atoms. The lowest BCUT2D eigenvalue weighted by Gasteiger charge is -2.30. The first-order valence-electron chi connectivity index (χ1n) is 10.8. The fourth-order valence-electron chi connectivity index (χ4n) is 3.69. The summed E-state index contributed by atoms with van der Waals surface area (Å²) in [6.07, 6.45) is 6.82. The molecule has 1 unspecified atom stereocenters. The smallest absolute Gasteiger partial charge is 0.261 e. The molecule has 2 aromatic rings. The summed E-state index contributed by atoms with van der Waals surface area (Å²) in [4.78, 5) is 32.7. The minimum absolute atomic E-state index is 0.0260. The number of unbranched alkanes of at least 4 members (excludes halogenated alkanes) is 4. The van der Waals surface area contributed by atoms with E-state index in [1.807, 2.05) is 43.0 Å². The van der Waals surface area contributed by atoms with Crippen molar-refractivity contribution in [3.05, 3.63) is 40.4 Å². The number of benzene rings is 1. The minimum atomic E-state index is -0.219. The van der Waals surface area contributed by atoms with Crippen LogP contribution in [-0.2, 0) is 11.3 Å². The molecule has 1 aromatic heterocycles. The van der Waals surface area contributed by atoms with E-state index in [9.17, 15) is 9.59 Å². The molecule has 0 aliphatic heterocycles. The second-order valence-corrected chi connectivity index (χ2v) is 7.46. The van der Waals surface area contributed by atoms with E-state index in [1.54, 1.807) is 4.57 Å². The topological polar surface area (TPSA) is 55.2 Å². The van der Waals surface area contributed by atoms with E-state index in [0.29, 0.717) is 36.2 Å². The quantitative estimate of drug-likeness (QED) is 0.507. The Labute approximate surface area is 168 Å². The van der Waals surface area contributed by atoms with Crippen molar-refractivity contribution < 1.29 is 4.79 Å². The Morgan fingerprint density at radius 2 is 1.75 bits per heavy atom. The predicted octanol–water partition coefficient (Wildman–Crippen LogP) is 5.08. The number of carbonyl (C=O) groups is 1. The molecule has 0 radical (unpaired) electrons. The van der Waals surface area contributed by atoms with Crippen molar-refractivity contribution in [2.24, 2.45) is 0 Å². The van der Waals surface area contributed by atoms with Crippen molar-refractivity contribution in [1.29, 1.82) is 0 Å². The molecule has 5 nitrogen and oxygen atoms in total. The van der Waals surface area contributed by atoms with Gasteiger partial charge in [-0.15, -0.1) is 0 Å². The van der Waals surface area contributed by atoms with Crippen LogP contribution >= 0.6 is 0 Å². The van der Waals surface area contributed by atoms with Crippen LogP contribution in [0, 0.1) is 0 Å². The number of nitrogens with zero attached hydrogens (tertiary/aromatic N) is 3. The van der Waals surface area contributed by atoms with Gasteiger partial charge < -0.3 is 4.90 Å². The zero-order valence-corrected chi connectivity index (χ0v) is 17.9. The molecule has 0 saturated carbocycles. The Kier molecular flexibility index (Phi) is 8.68. The van der Waals surface area contributed by atoms with Gasteiger partial charge in [-0.25, -0.2) is 4.98 Å². The first kappa shape index (κ1) is 22.1. The number of rotatable bonds is 11. The third-order valence-corrected chi connectivity index (χ3v) is 5.37. The summed E-state index contributed by atoms with van der Waals surface area (Å²) in [6.45, 7) is 9.53. The first-order chi connectivity index (χ1) is 13.5. The van der Waals surface area contributed by atoms with Crippen LogP contribution in [0.25, 0.3) is 10.9 Å². The molecule has 0 bridgehead atoms. The molecule has 0 fully saturated rings. The largest absolute Gasteiger partial charge is 0.333 e. The van der Waals surface area contributed by atoms with Crippen molar-refractivity contribution in [1.82, 2.24) is 14.5 Å². The van der Waals surface area contributed by atoms with E-state index >= 15 is 0 Å². The number of fused-ring (bicyclic) bond motifs is 1. The van der Waals surface area contributed by atoms with E-state index in [2.05, 4.69) is 13.8 Å². The zero-order valence-electron chi connectivity index (χ0n) is 17.9. The van der Waals surface area contributed by atoms with E-state index < -0.39 is 0 Å². The molecular formula is C23H35N3O2. The standard InChI is InChI=1S/C23H35N3O2/c1-5-8-10-16-21(27)26(17-13-9-6-2)18(4)22-24-20-15-12-11-14-19(20)23(28)25(22)7-3/h11-12,14-15,18H,5-10,13,16-17H2,1-4H3. The Morgan fingerprint density at radius 3 is 2.43 bits per heavy atom. The average molecular weight is 386 g/mol. The summed E-state index contributed by atoms with van der Waals surface area (Å²) < 4.78 is 1.72. The molecule has 1 amide bonds. The molecule has 0 saturated heterocycles. The van der Waals surface area contributed by atoms with Gasteiger partial charge in [-0.1, -0.05) is 51.7 Å². The Bertz CT molecular complexity index is 828. The number of para-hydroxylation sites is 1. The van der Waals surface area contributed by atoms with E-state index in [1.165, 1.54) is 0 Å². The Hall–Kier alpha value is -2.17. The molecule has 0 aliphatic rings. The Morgan fingerprint density at radius 1 is 1.07 bits per heavy atom. The molecule has 1 aromatic carbocycles. The monoisotopic (exact) mass is 385 g/mol. The lowest BCUT2D eigenvalue weighted by molar-refractivity contribution is -0.133. The highest BCUT2D eigenvalue weighted by atomic mass is 16.2. The molecule has 1 atom stereocenters. The lowest BCUT2D eigenvalue weighted by Crippen LogP contribution is -2.38. The second-order valence-electron chi connectivity index (χ2n) is 7.46. The van der Waals surface area contributed by atoms with Crippen molar-refractivity contribution in [3.8, 4) is 0 Å². The summed E-state index contributed by atoms with van der Waals surface area (Å²) in [5.74, 6) is 0.855. The lowest BCUT2D eigenvalue weighted by atomic mass is 10.1. The minimum Gasteiger partial charge on any atom is -0.333 e. The third-order valence-electron chi connectivity index (χ3n) is 5.37.